The summed E-state index contributed by atoms with van der Waals surface area (Å²) < 4.78 is 55.1. The Balaban J connectivity index is 2.12. The van der Waals surface area contributed by atoms with E-state index < -0.39 is 38.7 Å². The maximum Gasteiger partial charge on any atom is 0.232 e. The number of aromatic amines is 1. The standard InChI is InChI=1S/C17H17F2N5O3S/c1-3-6-28(26,27)24-11-5-4-10(18)13(14(11)19)15(25)9-7-21-17-12(9)16(20-2)22-8-23-17/h4-5,7-8,24H,3,6H2,1-2H3,(H2,20,21,22,23). The van der Waals surface area contributed by atoms with Gasteiger partial charge >= 0.3 is 0 Å². The number of carbonyl (C=O) groups is 1. The third kappa shape index (κ3) is 3.52. The minimum Gasteiger partial charge on any atom is -0.372 e. The van der Waals surface area contributed by atoms with Crippen LogP contribution in [-0.4, -0.2) is 42.0 Å². The first-order valence-electron chi connectivity index (χ1n) is 8.32. The molecule has 2 aromatic heterocycles. The molecule has 0 aliphatic heterocycles. The van der Waals surface area contributed by atoms with Crippen LogP contribution in [0.3, 0.4) is 0 Å². The first kappa shape index (κ1) is 19.7. The lowest BCUT2D eigenvalue weighted by atomic mass is 10.0. The zero-order valence-corrected chi connectivity index (χ0v) is 15.8. The molecule has 8 nitrogen and oxygen atoms in total. The van der Waals surface area contributed by atoms with E-state index in [1.54, 1.807) is 14.0 Å². The maximum absolute atomic E-state index is 14.9. The number of fused-ring (bicyclic) bond motifs is 1. The molecule has 3 rings (SSSR count). The number of halogens is 2. The molecule has 0 atom stereocenters. The predicted molar refractivity (Wildman–Crippen MR) is 101 cm³/mol. The molecule has 0 bridgehead atoms. The third-order valence-electron chi connectivity index (χ3n) is 4.01. The van der Waals surface area contributed by atoms with E-state index in [2.05, 4.69) is 20.3 Å². The van der Waals surface area contributed by atoms with Crippen molar-refractivity contribution in [3.05, 3.63) is 47.4 Å². The molecule has 0 saturated carbocycles. The average Bonchev–Trinajstić information content (AvgIpc) is 3.08. The van der Waals surface area contributed by atoms with Gasteiger partial charge in [0.2, 0.25) is 15.8 Å². The number of anilines is 2. The number of rotatable bonds is 7. The van der Waals surface area contributed by atoms with Crippen LogP contribution in [0.1, 0.15) is 29.3 Å². The van der Waals surface area contributed by atoms with Crippen LogP contribution >= 0.6 is 0 Å². The molecule has 0 unspecified atom stereocenters. The van der Waals surface area contributed by atoms with Crippen LogP contribution in [0.15, 0.2) is 24.7 Å². The number of nitrogens with one attached hydrogen (secondary N) is 3. The number of aromatic nitrogens is 3. The van der Waals surface area contributed by atoms with E-state index in [0.29, 0.717) is 17.9 Å². The number of benzene rings is 1. The van der Waals surface area contributed by atoms with Crippen molar-refractivity contribution >= 4 is 38.3 Å². The minimum atomic E-state index is -3.82. The van der Waals surface area contributed by atoms with E-state index in [-0.39, 0.29) is 16.7 Å². The van der Waals surface area contributed by atoms with Gasteiger partial charge in [-0.3, -0.25) is 9.52 Å². The number of ketones is 1. The van der Waals surface area contributed by atoms with Crippen molar-refractivity contribution in [3.8, 4) is 0 Å². The van der Waals surface area contributed by atoms with Gasteiger partial charge < -0.3 is 10.3 Å². The van der Waals surface area contributed by atoms with Crippen LogP contribution in [0, 0.1) is 11.6 Å². The van der Waals surface area contributed by atoms with Crippen molar-refractivity contribution < 1.29 is 22.0 Å². The number of nitrogens with zero attached hydrogens (tertiary/aromatic N) is 2. The Bertz CT molecular complexity index is 1160. The SMILES string of the molecule is CCCS(=O)(=O)Nc1ccc(F)c(C(=O)c2c[nH]c3ncnc(NC)c23)c1F. The molecule has 0 fully saturated rings. The first-order chi connectivity index (χ1) is 13.3. The Hall–Kier alpha value is -3.08. The number of carbonyl (C=O) groups excluding carboxylic acids is 1. The highest BCUT2D eigenvalue weighted by Crippen LogP contribution is 2.29. The molecule has 1 aromatic carbocycles. The lowest BCUT2D eigenvalue weighted by Gasteiger charge is -2.11. The smallest absolute Gasteiger partial charge is 0.232 e. The highest BCUT2D eigenvalue weighted by atomic mass is 32.2. The molecule has 0 radical (unpaired) electrons. The highest BCUT2D eigenvalue weighted by molar-refractivity contribution is 7.92. The quantitative estimate of drug-likeness (QED) is 0.517. The molecule has 0 aliphatic carbocycles. The summed E-state index contributed by atoms with van der Waals surface area (Å²) in [7, 11) is -2.24. The Kier molecular flexibility index (Phi) is 5.27. The Labute approximate surface area is 159 Å². The summed E-state index contributed by atoms with van der Waals surface area (Å²) in [4.78, 5) is 23.6. The van der Waals surface area contributed by atoms with E-state index in [0.717, 1.165) is 12.1 Å². The van der Waals surface area contributed by atoms with Crippen LogP contribution in [0.4, 0.5) is 20.3 Å². The second-order valence-electron chi connectivity index (χ2n) is 5.93. The van der Waals surface area contributed by atoms with Crippen molar-refractivity contribution in [2.75, 3.05) is 22.8 Å². The van der Waals surface area contributed by atoms with E-state index in [1.807, 2.05) is 4.72 Å². The number of sulfonamides is 1. The van der Waals surface area contributed by atoms with Gasteiger partial charge in [0, 0.05) is 13.2 Å². The monoisotopic (exact) mass is 409 g/mol. The minimum absolute atomic E-state index is 0.0497. The van der Waals surface area contributed by atoms with E-state index in [4.69, 9.17) is 0 Å². The van der Waals surface area contributed by atoms with Crippen molar-refractivity contribution in [2.24, 2.45) is 0 Å². The fraction of sp³-hybridized carbons (Fsp3) is 0.235. The fourth-order valence-electron chi connectivity index (χ4n) is 2.79. The zero-order chi connectivity index (χ0) is 20.5. The van der Waals surface area contributed by atoms with Gasteiger partial charge in [-0.15, -0.1) is 0 Å². The van der Waals surface area contributed by atoms with Crippen LogP contribution < -0.4 is 10.0 Å². The van der Waals surface area contributed by atoms with Crippen LogP contribution in [-0.2, 0) is 10.0 Å². The molecule has 3 N–H and O–H groups in total. The molecule has 148 valence electrons. The van der Waals surface area contributed by atoms with E-state index in [9.17, 15) is 22.0 Å². The summed E-state index contributed by atoms with van der Waals surface area (Å²) >= 11 is 0. The van der Waals surface area contributed by atoms with Crippen LogP contribution in [0.2, 0.25) is 0 Å². The fourth-order valence-corrected chi connectivity index (χ4v) is 3.93. The van der Waals surface area contributed by atoms with Crippen LogP contribution in [0.25, 0.3) is 11.0 Å². The largest absolute Gasteiger partial charge is 0.372 e. The second-order valence-corrected chi connectivity index (χ2v) is 7.77. The molecule has 11 heteroatoms. The molecule has 0 amide bonds. The van der Waals surface area contributed by atoms with Gasteiger partial charge in [-0.2, -0.15) is 0 Å². The van der Waals surface area contributed by atoms with Crippen molar-refractivity contribution in [1.82, 2.24) is 15.0 Å². The lowest BCUT2D eigenvalue weighted by molar-refractivity contribution is 0.103. The van der Waals surface area contributed by atoms with E-state index in [1.165, 1.54) is 12.5 Å². The second kappa shape index (κ2) is 7.50. The average molecular weight is 409 g/mol. The Morgan fingerprint density at radius 2 is 2.00 bits per heavy atom. The molecule has 0 aliphatic rings. The van der Waals surface area contributed by atoms with Crippen LogP contribution in [0.5, 0.6) is 0 Å². The number of H-pyrrole nitrogens is 1. The van der Waals surface area contributed by atoms with Gasteiger partial charge in [0.05, 0.1) is 28.0 Å². The number of hydrogen-bond donors (Lipinski definition) is 3. The first-order valence-corrected chi connectivity index (χ1v) is 9.97. The highest BCUT2D eigenvalue weighted by Gasteiger charge is 2.26. The number of hydrogen-bond acceptors (Lipinski definition) is 6. The molecular formula is C17H17F2N5O3S. The molecular weight excluding hydrogens is 392 g/mol. The topological polar surface area (TPSA) is 117 Å². The van der Waals surface area contributed by atoms with Gasteiger partial charge in [0.25, 0.3) is 0 Å². The maximum atomic E-state index is 14.9. The molecule has 0 saturated heterocycles. The van der Waals surface area contributed by atoms with Gasteiger partial charge in [-0.25, -0.2) is 27.2 Å². The van der Waals surface area contributed by atoms with Gasteiger partial charge in [0.15, 0.2) is 5.82 Å². The molecule has 28 heavy (non-hydrogen) atoms. The summed E-state index contributed by atoms with van der Waals surface area (Å²) in [5.41, 5.74) is -1.11. The molecule has 3 aromatic rings. The Morgan fingerprint density at radius 1 is 1.25 bits per heavy atom. The van der Waals surface area contributed by atoms with Gasteiger partial charge in [-0.05, 0) is 18.6 Å². The van der Waals surface area contributed by atoms with Crippen molar-refractivity contribution in [3.63, 3.8) is 0 Å². The summed E-state index contributed by atoms with van der Waals surface area (Å²) in [6, 6.07) is 1.77. The summed E-state index contributed by atoms with van der Waals surface area (Å²) in [5, 5.41) is 3.06. The van der Waals surface area contributed by atoms with Crippen molar-refractivity contribution in [2.45, 2.75) is 13.3 Å². The predicted octanol–water partition coefficient (Wildman–Crippen LogP) is 2.66. The van der Waals surface area contributed by atoms with Gasteiger partial charge in [-0.1, -0.05) is 6.92 Å². The normalized spacial score (nSPS) is 11.6. The van der Waals surface area contributed by atoms with Gasteiger partial charge in [0.1, 0.15) is 23.6 Å². The summed E-state index contributed by atoms with van der Waals surface area (Å²) in [6.07, 6.45) is 2.85. The molecule has 2 heterocycles. The Morgan fingerprint density at radius 3 is 2.68 bits per heavy atom. The van der Waals surface area contributed by atoms with E-state index >= 15 is 0 Å². The molecule has 0 spiro atoms. The zero-order valence-electron chi connectivity index (χ0n) is 15.0. The lowest BCUT2D eigenvalue weighted by Crippen LogP contribution is -2.18. The third-order valence-corrected chi connectivity index (χ3v) is 5.48. The summed E-state index contributed by atoms with van der Waals surface area (Å²) in [5.74, 6) is -3.31. The van der Waals surface area contributed by atoms with Crippen molar-refractivity contribution in [1.29, 1.82) is 0 Å². The summed E-state index contributed by atoms with van der Waals surface area (Å²) in [6.45, 7) is 1.65.